The number of rotatable bonds is 1. The molecule has 0 bridgehead atoms. The second kappa shape index (κ2) is 6.22. The van der Waals surface area contributed by atoms with Gasteiger partial charge in [0.1, 0.15) is 0 Å². The summed E-state index contributed by atoms with van der Waals surface area (Å²) in [7, 11) is 0. The first-order valence-electron chi connectivity index (χ1n) is 10.2. The molecule has 142 valence electrons. The molecule has 1 aromatic rings. The molecule has 1 aromatic carbocycles. The number of hydrogen-bond acceptors (Lipinski definition) is 5. The zero-order valence-electron chi connectivity index (χ0n) is 15.8. The van der Waals surface area contributed by atoms with E-state index in [0.29, 0.717) is 31.1 Å². The minimum absolute atomic E-state index is 0.0871. The van der Waals surface area contributed by atoms with Gasteiger partial charge in [-0.2, -0.15) is 5.26 Å². The van der Waals surface area contributed by atoms with Crippen LogP contribution >= 0.6 is 0 Å². The highest BCUT2D eigenvalue weighted by molar-refractivity contribution is 5.99. The maximum atomic E-state index is 12.9. The first kappa shape index (κ1) is 17.0. The quantitative estimate of drug-likeness (QED) is 0.664. The summed E-state index contributed by atoms with van der Waals surface area (Å²) in [5, 5.41) is 12.3. The van der Waals surface area contributed by atoms with Crippen molar-refractivity contribution in [2.24, 2.45) is 11.3 Å². The fourth-order valence-electron chi connectivity index (χ4n) is 5.71. The topological polar surface area (TPSA) is 80.2 Å². The number of nitrogens with one attached hydrogen (secondary N) is 3. The Hall–Kier alpha value is -2.10. The SMILES string of the molecule is CC1NNC2CC(c3ccc4c(c3)NC(=O)C3(CCN(C#N)C3)C4)CCC12. The average molecular weight is 365 g/mol. The first-order valence-corrected chi connectivity index (χ1v) is 10.2. The number of benzene rings is 1. The van der Waals surface area contributed by atoms with Crippen molar-refractivity contribution in [1.82, 2.24) is 15.8 Å². The minimum atomic E-state index is -0.433. The Kier molecular flexibility index (Phi) is 3.92. The number of fused-ring (bicyclic) bond motifs is 2. The Morgan fingerprint density at radius 3 is 3.00 bits per heavy atom. The Labute approximate surface area is 160 Å². The van der Waals surface area contributed by atoms with Crippen LogP contribution in [0, 0.1) is 22.8 Å². The van der Waals surface area contributed by atoms with E-state index < -0.39 is 5.41 Å². The van der Waals surface area contributed by atoms with Crippen molar-refractivity contribution < 1.29 is 4.79 Å². The molecule has 6 nitrogen and oxygen atoms in total. The van der Waals surface area contributed by atoms with Crippen molar-refractivity contribution in [3.8, 4) is 6.19 Å². The summed E-state index contributed by atoms with van der Waals surface area (Å²) in [6, 6.07) is 7.76. The van der Waals surface area contributed by atoms with Gasteiger partial charge in [0.2, 0.25) is 5.91 Å². The van der Waals surface area contributed by atoms with E-state index in [0.717, 1.165) is 30.9 Å². The Morgan fingerprint density at radius 1 is 1.30 bits per heavy atom. The second-order valence-electron chi connectivity index (χ2n) is 8.96. The summed E-state index contributed by atoms with van der Waals surface area (Å²) < 4.78 is 0. The molecular weight excluding hydrogens is 338 g/mol. The van der Waals surface area contributed by atoms with Crippen LogP contribution < -0.4 is 16.2 Å². The van der Waals surface area contributed by atoms with Gasteiger partial charge in [-0.3, -0.25) is 15.6 Å². The standard InChI is InChI=1S/C21H27N5O/c1-13-17-5-4-15(9-19(17)25-24-13)14-2-3-16-10-21(6-7-26(11-21)12-22)20(27)23-18(16)8-14/h2-3,8,13,15,17,19,24-25H,4-7,9-11H2,1H3,(H,23,27). The monoisotopic (exact) mass is 365 g/mol. The third-order valence-electron chi connectivity index (χ3n) is 7.40. The molecule has 3 aliphatic heterocycles. The van der Waals surface area contributed by atoms with Crippen LogP contribution in [-0.4, -0.2) is 36.0 Å². The van der Waals surface area contributed by atoms with Crippen molar-refractivity contribution in [1.29, 1.82) is 5.26 Å². The average Bonchev–Trinajstić information content (AvgIpc) is 3.27. The second-order valence-corrected chi connectivity index (χ2v) is 8.96. The summed E-state index contributed by atoms with van der Waals surface area (Å²) in [6.45, 7) is 3.49. The van der Waals surface area contributed by atoms with Crippen LogP contribution in [-0.2, 0) is 11.2 Å². The molecular formula is C21H27N5O. The number of nitrogens with zero attached hydrogens (tertiary/aromatic N) is 2. The minimum Gasteiger partial charge on any atom is -0.325 e. The normalized spacial score (nSPS) is 37.6. The Morgan fingerprint density at radius 2 is 2.19 bits per heavy atom. The van der Waals surface area contributed by atoms with Gasteiger partial charge in [0.05, 0.1) is 5.41 Å². The van der Waals surface area contributed by atoms with Crippen molar-refractivity contribution >= 4 is 11.6 Å². The van der Waals surface area contributed by atoms with Crippen LogP contribution in [0.4, 0.5) is 5.69 Å². The molecule has 1 amide bonds. The predicted octanol–water partition coefficient (Wildman–Crippen LogP) is 2.10. The Bertz CT molecular complexity index is 817. The zero-order valence-corrected chi connectivity index (χ0v) is 15.8. The number of carbonyl (C=O) groups is 1. The van der Waals surface area contributed by atoms with Crippen LogP contribution in [0.15, 0.2) is 18.2 Å². The van der Waals surface area contributed by atoms with E-state index in [1.807, 2.05) is 0 Å². The highest BCUT2D eigenvalue weighted by Crippen LogP contribution is 2.43. The van der Waals surface area contributed by atoms with E-state index in [9.17, 15) is 4.79 Å². The molecule has 5 rings (SSSR count). The van der Waals surface area contributed by atoms with Crippen molar-refractivity contribution in [2.75, 3.05) is 18.4 Å². The summed E-state index contributed by atoms with van der Waals surface area (Å²) in [6.07, 6.45) is 7.30. The summed E-state index contributed by atoms with van der Waals surface area (Å²) in [4.78, 5) is 14.6. The van der Waals surface area contributed by atoms with E-state index in [2.05, 4.69) is 47.5 Å². The summed E-state index contributed by atoms with van der Waals surface area (Å²) in [5.74, 6) is 1.36. The molecule has 5 unspecified atom stereocenters. The largest absolute Gasteiger partial charge is 0.325 e. The highest BCUT2D eigenvalue weighted by Gasteiger charge is 2.47. The molecule has 5 atom stereocenters. The van der Waals surface area contributed by atoms with Crippen LogP contribution in [0.1, 0.15) is 49.7 Å². The lowest BCUT2D eigenvalue weighted by atomic mass is 9.73. The van der Waals surface area contributed by atoms with Crippen molar-refractivity contribution in [3.05, 3.63) is 29.3 Å². The smallest absolute Gasteiger partial charge is 0.232 e. The molecule has 27 heavy (non-hydrogen) atoms. The van der Waals surface area contributed by atoms with E-state index in [1.165, 1.54) is 24.0 Å². The van der Waals surface area contributed by atoms with E-state index in [4.69, 9.17) is 5.26 Å². The van der Waals surface area contributed by atoms with Crippen molar-refractivity contribution in [2.45, 2.75) is 57.0 Å². The number of carbonyl (C=O) groups excluding carboxylic acids is 1. The molecule has 0 aromatic heterocycles. The molecule has 3 N–H and O–H groups in total. The number of amides is 1. The highest BCUT2D eigenvalue weighted by atomic mass is 16.2. The molecule has 6 heteroatoms. The molecule has 0 radical (unpaired) electrons. The number of likely N-dealkylation sites (tertiary alicyclic amines) is 1. The van der Waals surface area contributed by atoms with Crippen LogP contribution in [0.2, 0.25) is 0 Å². The summed E-state index contributed by atoms with van der Waals surface area (Å²) in [5.41, 5.74) is 9.96. The van der Waals surface area contributed by atoms with Crippen molar-refractivity contribution in [3.63, 3.8) is 0 Å². The zero-order chi connectivity index (χ0) is 18.6. The number of hydrazine groups is 1. The lowest BCUT2D eigenvalue weighted by Crippen LogP contribution is -2.43. The fraction of sp³-hybridized carbons (Fsp3) is 0.619. The van der Waals surface area contributed by atoms with Gasteiger partial charge in [-0.05, 0) is 68.1 Å². The fourth-order valence-corrected chi connectivity index (χ4v) is 5.71. The molecule has 2 saturated heterocycles. The summed E-state index contributed by atoms with van der Waals surface area (Å²) >= 11 is 0. The van der Waals surface area contributed by atoms with E-state index >= 15 is 0 Å². The number of anilines is 1. The van der Waals surface area contributed by atoms with Gasteiger partial charge in [0.15, 0.2) is 6.19 Å². The Balaban J connectivity index is 1.36. The molecule has 1 saturated carbocycles. The van der Waals surface area contributed by atoms with Crippen LogP contribution in [0.3, 0.4) is 0 Å². The van der Waals surface area contributed by atoms with Gasteiger partial charge in [0, 0.05) is 30.9 Å². The maximum Gasteiger partial charge on any atom is 0.232 e. The third-order valence-corrected chi connectivity index (χ3v) is 7.40. The van der Waals surface area contributed by atoms with E-state index in [1.54, 1.807) is 4.90 Å². The first-order chi connectivity index (χ1) is 13.1. The lowest BCUT2D eigenvalue weighted by molar-refractivity contribution is -0.125. The van der Waals surface area contributed by atoms with Gasteiger partial charge in [-0.1, -0.05) is 12.1 Å². The third kappa shape index (κ3) is 2.72. The van der Waals surface area contributed by atoms with Gasteiger partial charge in [-0.25, -0.2) is 0 Å². The lowest BCUT2D eigenvalue weighted by Gasteiger charge is -2.35. The van der Waals surface area contributed by atoms with Gasteiger partial charge in [-0.15, -0.1) is 0 Å². The molecule has 3 heterocycles. The molecule has 4 aliphatic rings. The molecule has 1 spiro atoms. The molecule has 3 fully saturated rings. The number of nitriles is 1. The predicted molar refractivity (Wildman–Crippen MR) is 103 cm³/mol. The van der Waals surface area contributed by atoms with Gasteiger partial charge in [0.25, 0.3) is 0 Å². The van der Waals surface area contributed by atoms with Crippen LogP contribution in [0.5, 0.6) is 0 Å². The van der Waals surface area contributed by atoms with Gasteiger partial charge < -0.3 is 10.2 Å². The van der Waals surface area contributed by atoms with Crippen LogP contribution in [0.25, 0.3) is 0 Å². The number of hydrogen-bond donors (Lipinski definition) is 3. The molecule has 1 aliphatic carbocycles. The maximum absolute atomic E-state index is 12.9. The van der Waals surface area contributed by atoms with Gasteiger partial charge >= 0.3 is 0 Å². The van der Waals surface area contributed by atoms with E-state index in [-0.39, 0.29) is 5.91 Å².